The van der Waals surface area contributed by atoms with Gasteiger partial charge in [-0.3, -0.25) is 14.5 Å². The lowest BCUT2D eigenvalue weighted by atomic mass is 10.2. The van der Waals surface area contributed by atoms with Crippen molar-refractivity contribution in [2.45, 2.75) is 20.0 Å². The van der Waals surface area contributed by atoms with Crippen LogP contribution in [0.15, 0.2) is 59.4 Å². The minimum atomic E-state index is -4.52. The number of nitrogens with one attached hydrogen (secondary N) is 1. The number of carbonyl (C=O) groups is 1. The fraction of sp³-hybridized carbons (Fsp3) is 0.346. The third-order valence-corrected chi connectivity index (χ3v) is 6.19. The molecule has 0 atom stereocenters. The van der Waals surface area contributed by atoms with Crippen LogP contribution in [0.4, 0.5) is 18.9 Å². The van der Waals surface area contributed by atoms with Gasteiger partial charge in [0, 0.05) is 56.7 Å². The van der Waals surface area contributed by atoms with Gasteiger partial charge in [0.25, 0.3) is 5.91 Å². The smallest absolute Gasteiger partial charge is 0.369 e. The number of benzene rings is 2. The molecule has 0 saturated carbocycles. The van der Waals surface area contributed by atoms with Gasteiger partial charge >= 0.3 is 6.18 Å². The number of hydrogen-bond acceptors (Lipinski definition) is 5. The van der Waals surface area contributed by atoms with Gasteiger partial charge in [-0.25, -0.2) is 4.68 Å². The van der Waals surface area contributed by atoms with Gasteiger partial charge in [-0.1, -0.05) is 18.2 Å². The molecule has 1 aliphatic rings. The molecule has 1 fully saturated rings. The normalized spacial score (nSPS) is 14.6. The summed E-state index contributed by atoms with van der Waals surface area (Å²) in [6.45, 7) is 7.98. The molecule has 10 heteroatoms. The van der Waals surface area contributed by atoms with Crippen molar-refractivity contribution < 1.29 is 18.0 Å². The van der Waals surface area contributed by atoms with Crippen LogP contribution in [0.3, 0.4) is 0 Å². The lowest BCUT2D eigenvalue weighted by Gasteiger charge is -2.36. The summed E-state index contributed by atoms with van der Waals surface area (Å²) in [5.74, 6) is -0.654. The van der Waals surface area contributed by atoms with E-state index in [0.717, 1.165) is 38.3 Å². The van der Waals surface area contributed by atoms with Crippen molar-refractivity contribution in [3.05, 3.63) is 87.3 Å². The van der Waals surface area contributed by atoms with Gasteiger partial charge in [-0.05, 0) is 49.7 Å². The maximum absolute atomic E-state index is 13.1. The van der Waals surface area contributed by atoms with Crippen molar-refractivity contribution in [3.8, 4) is 5.69 Å². The third kappa shape index (κ3) is 5.93. The first-order valence-corrected chi connectivity index (χ1v) is 11.7. The van der Waals surface area contributed by atoms with E-state index in [0.29, 0.717) is 18.8 Å². The minimum Gasteiger partial charge on any atom is -0.369 e. The molecule has 0 bridgehead atoms. The van der Waals surface area contributed by atoms with Crippen LogP contribution in [0.2, 0.25) is 0 Å². The highest BCUT2D eigenvalue weighted by Gasteiger charge is 2.30. The van der Waals surface area contributed by atoms with E-state index in [1.165, 1.54) is 34.1 Å². The summed E-state index contributed by atoms with van der Waals surface area (Å²) in [4.78, 5) is 29.7. The van der Waals surface area contributed by atoms with E-state index in [2.05, 4.69) is 45.3 Å². The van der Waals surface area contributed by atoms with E-state index in [-0.39, 0.29) is 11.4 Å². The van der Waals surface area contributed by atoms with Crippen LogP contribution in [-0.4, -0.2) is 59.9 Å². The second kappa shape index (κ2) is 10.5. The number of halogens is 3. The molecule has 2 heterocycles. The van der Waals surface area contributed by atoms with Gasteiger partial charge in [0.15, 0.2) is 5.69 Å². The molecular formula is C26H28F3N5O2. The summed E-state index contributed by atoms with van der Waals surface area (Å²) in [6, 6.07) is 14.2. The van der Waals surface area contributed by atoms with Crippen LogP contribution in [0, 0.1) is 13.8 Å². The number of rotatable bonds is 6. The topological polar surface area (TPSA) is 70.5 Å². The summed E-state index contributed by atoms with van der Waals surface area (Å²) in [6.07, 6.45) is -4.52. The van der Waals surface area contributed by atoms with Crippen molar-refractivity contribution in [2.75, 3.05) is 44.2 Å². The summed E-state index contributed by atoms with van der Waals surface area (Å²) >= 11 is 0. The Kier molecular flexibility index (Phi) is 7.44. The molecule has 7 nitrogen and oxygen atoms in total. The van der Waals surface area contributed by atoms with Crippen molar-refractivity contribution in [2.24, 2.45) is 0 Å². The zero-order valence-corrected chi connectivity index (χ0v) is 20.2. The maximum atomic E-state index is 13.1. The Morgan fingerprint density at radius 2 is 1.67 bits per heavy atom. The van der Waals surface area contributed by atoms with Gasteiger partial charge in [-0.2, -0.15) is 18.3 Å². The zero-order valence-electron chi connectivity index (χ0n) is 20.2. The van der Waals surface area contributed by atoms with E-state index in [1.807, 2.05) is 6.07 Å². The summed E-state index contributed by atoms with van der Waals surface area (Å²) in [7, 11) is 0. The number of alkyl halides is 3. The average molecular weight is 500 g/mol. The van der Waals surface area contributed by atoms with Gasteiger partial charge in [0.2, 0.25) is 5.43 Å². The highest BCUT2D eigenvalue weighted by molar-refractivity contribution is 5.92. The largest absolute Gasteiger partial charge is 0.416 e. The number of anilines is 1. The van der Waals surface area contributed by atoms with Crippen molar-refractivity contribution in [1.29, 1.82) is 0 Å². The molecule has 1 N–H and O–H groups in total. The fourth-order valence-electron chi connectivity index (χ4n) is 4.25. The Bertz CT molecular complexity index is 1300. The fourth-order valence-corrected chi connectivity index (χ4v) is 4.25. The Balaban J connectivity index is 1.37. The highest BCUT2D eigenvalue weighted by atomic mass is 19.4. The van der Waals surface area contributed by atoms with Gasteiger partial charge in [0.1, 0.15) is 0 Å². The molecule has 4 rings (SSSR count). The molecule has 0 spiro atoms. The van der Waals surface area contributed by atoms with Crippen molar-refractivity contribution in [1.82, 2.24) is 20.0 Å². The van der Waals surface area contributed by atoms with Gasteiger partial charge < -0.3 is 10.2 Å². The molecule has 1 amide bonds. The molecule has 3 aromatic rings. The Hall–Kier alpha value is -3.66. The molecule has 0 unspecified atom stereocenters. The predicted octanol–water partition coefficient (Wildman–Crippen LogP) is 3.42. The van der Waals surface area contributed by atoms with Crippen LogP contribution in [0.1, 0.15) is 27.3 Å². The number of carbonyl (C=O) groups excluding carboxylic acids is 1. The minimum absolute atomic E-state index is 0.114. The van der Waals surface area contributed by atoms with Crippen LogP contribution >= 0.6 is 0 Å². The SMILES string of the molecule is Cc1cccc(N2CCN(CCNC(=O)c3nn(-c4cccc(C(F)(F)F)c4)c(C)cc3=O)CC2)c1. The van der Waals surface area contributed by atoms with Crippen LogP contribution in [0.5, 0.6) is 0 Å². The van der Waals surface area contributed by atoms with Crippen LogP contribution in [-0.2, 0) is 6.18 Å². The number of piperazine rings is 1. The monoisotopic (exact) mass is 499 g/mol. The van der Waals surface area contributed by atoms with Gasteiger partial charge in [-0.15, -0.1) is 0 Å². The van der Waals surface area contributed by atoms with Gasteiger partial charge in [0.05, 0.1) is 11.3 Å². The van der Waals surface area contributed by atoms with E-state index in [9.17, 15) is 22.8 Å². The molecule has 1 saturated heterocycles. The second-order valence-electron chi connectivity index (χ2n) is 8.88. The molecule has 2 aromatic carbocycles. The number of hydrogen-bond donors (Lipinski definition) is 1. The average Bonchev–Trinajstić information content (AvgIpc) is 2.84. The first kappa shape index (κ1) is 25.4. The second-order valence-corrected chi connectivity index (χ2v) is 8.88. The molecular weight excluding hydrogens is 471 g/mol. The van der Waals surface area contributed by atoms with Crippen molar-refractivity contribution in [3.63, 3.8) is 0 Å². The first-order chi connectivity index (χ1) is 17.1. The quantitative estimate of drug-likeness (QED) is 0.563. The number of aryl methyl sites for hydroxylation is 2. The lowest BCUT2D eigenvalue weighted by Crippen LogP contribution is -2.48. The van der Waals surface area contributed by atoms with Crippen LogP contribution < -0.4 is 15.6 Å². The maximum Gasteiger partial charge on any atom is 0.416 e. The number of nitrogens with zero attached hydrogens (tertiary/aromatic N) is 4. The number of aromatic nitrogens is 2. The Morgan fingerprint density at radius 3 is 2.36 bits per heavy atom. The molecule has 190 valence electrons. The van der Waals surface area contributed by atoms with E-state index >= 15 is 0 Å². The molecule has 0 radical (unpaired) electrons. The number of amides is 1. The van der Waals surface area contributed by atoms with E-state index in [4.69, 9.17) is 0 Å². The zero-order chi connectivity index (χ0) is 25.9. The summed E-state index contributed by atoms with van der Waals surface area (Å²) < 4.78 is 40.5. The highest BCUT2D eigenvalue weighted by Crippen LogP contribution is 2.30. The van der Waals surface area contributed by atoms with Crippen molar-refractivity contribution >= 4 is 11.6 Å². The van der Waals surface area contributed by atoms with Crippen LogP contribution in [0.25, 0.3) is 5.69 Å². The van der Waals surface area contributed by atoms with E-state index in [1.54, 1.807) is 6.92 Å². The molecule has 1 aliphatic heterocycles. The standard InChI is InChI=1S/C26H28F3N5O2/c1-18-5-3-7-21(15-18)33-13-11-32(12-14-33)10-9-30-25(36)24-23(35)16-19(2)34(31-24)22-8-4-6-20(17-22)26(27,28)29/h3-8,15-17H,9-14H2,1-2H3,(H,30,36). The molecule has 36 heavy (non-hydrogen) atoms. The van der Waals surface area contributed by atoms with E-state index < -0.39 is 23.1 Å². The molecule has 1 aromatic heterocycles. The lowest BCUT2D eigenvalue weighted by molar-refractivity contribution is -0.137. The molecule has 0 aliphatic carbocycles. The first-order valence-electron chi connectivity index (χ1n) is 11.7. The Labute approximate surface area is 207 Å². The predicted molar refractivity (Wildman–Crippen MR) is 132 cm³/mol. The third-order valence-electron chi connectivity index (χ3n) is 6.19. The Morgan fingerprint density at radius 1 is 0.972 bits per heavy atom. The summed E-state index contributed by atoms with van der Waals surface area (Å²) in [5.41, 5.74) is 1.07. The summed E-state index contributed by atoms with van der Waals surface area (Å²) in [5, 5.41) is 6.81.